The third-order valence-electron chi connectivity index (χ3n) is 6.36. The summed E-state index contributed by atoms with van der Waals surface area (Å²) < 4.78 is 16.2. The smallest absolute Gasteiger partial charge is 0.272 e. The Balaban J connectivity index is 1.59. The maximum absolute atomic E-state index is 13.5. The van der Waals surface area contributed by atoms with Crippen molar-refractivity contribution in [1.29, 1.82) is 0 Å². The number of methoxy groups -OCH3 is 3. The van der Waals surface area contributed by atoms with Gasteiger partial charge in [0.1, 0.15) is 5.70 Å². The molecule has 44 heavy (non-hydrogen) atoms. The van der Waals surface area contributed by atoms with Crippen LogP contribution in [0.25, 0.3) is 12.2 Å². The number of benzene rings is 4. The maximum Gasteiger partial charge on any atom is 0.272 e. The minimum absolute atomic E-state index is 0.0483. The standard InChI is InChI=1S/C34H28Cl2N2O6/c1-42-30-19-21(20-31(43-2)32(30)44-3)18-28(38-33(40)23-8-5-4-6-9-23)34(41)37-24-14-12-22(13-15-24)29(39)17-16-25-26(35)10-7-11-27(25)36/h4-20H,1-3H3,(H,37,41)(H,38,40)/b17-16+,28-18-. The van der Waals surface area contributed by atoms with Crippen LogP contribution in [-0.2, 0) is 4.79 Å². The zero-order valence-corrected chi connectivity index (χ0v) is 25.5. The molecule has 0 aliphatic rings. The van der Waals surface area contributed by atoms with Crippen LogP contribution in [0.15, 0.2) is 96.7 Å². The molecule has 0 aromatic heterocycles. The van der Waals surface area contributed by atoms with Crippen molar-refractivity contribution >= 4 is 58.6 Å². The Morgan fingerprint density at radius 1 is 0.727 bits per heavy atom. The second-order valence-electron chi connectivity index (χ2n) is 9.20. The number of hydrogen-bond donors (Lipinski definition) is 2. The summed E-state index contributed by atoms with van der Waals surface area (Å²) in [6.45, 7) is 0. The highest BCUT2D eigenvalue weighted by Crippen LogP contribution is 2.38. The van der Waals surface area contributed by atoms with E-state index in [4.69, 9.17) is 37.4 Å². The third kappa shape index (κ3) is 7.86. The number of hydrogen-bond acceptors (Lipinski definition) is 6. The first kappa shape index (κ1) is 31.9. The molecule has 0 heterocycles. The molecule has 0 atom stereocenters. The Kier molecular flexibility index (Phi) is 10.8. The molecule has 0 fully saturated rings. The predicted octanol–water partition coefficient (Wildman–Crippen LogP) is 7.32. The Labute approximate surface area is 264 Å². The number of anilines is 1. The minimum atomic E-state index is -0.602. The van der Waals surface area contributed by atoms with Gasteiger partial charge in [0.15, 0.2) is 17.3 Å². The van der Waals surface area contributed by atoms with Crippen molar-refractivity contribution in [2.45, 2.75) is 0 Å². The van der Waals surface area contributed by atoms with Crippen LogP contribution in [-0.4, -0.2) is 38.9 Å². The molecule has 4 aromatic carbocycles. The Morgan fingerprint density at radius 3 is 1.91 bits per heavy atom. The number of carbonyl (C=O) groups excluding carboxylic acids is 3. The Morgan fingerprint density at radius 2 is 1.34 bits per heavy atom. The number of ether oxygens (including phenoxy) is 3. The lowest BCUT2D eigenvalue weighted by molar-refractivity contribution is -0.113. The Bertz CT molecular complexity index is 1690. The van der Waals surface area contributed by atoms with Crippen molar-refractivity contribution in [1.82, 2.24) is 5.32 Å². The Hall–Kier alpha value is -5.05. The predicted molar refractivity (Wildman–Crippen MR) is 173 cm³/mol. The molecule has 4 rings (SSSR count). The van der Waals surface area contributed by atoms with E-state index in [2.05, 4.69) is 10.6 Å². The van der Waals surface area contributed by atoms with Gasteiger partial charge < -0.3 is 24.8 Å². The highest BCUT2D eigenvalue weighted by molar-refractivity contribution is 6.37. The minimum Gasteiger partial charge on any atom is -0.493 e. The van der Waals surface area contributed by atoms with Crippen LogP contribution in [0.2, 0.25) is 10.0 Å². The third-order valence-corrected chi connectivity index (χ3v) is 7.01. The highest BCUT2D eigenvalue weighted by Gasteiger charge is 2.18. The summed E-state index contributed by atoms with van der Waals surface area (Å²) in [4.78, 5) is 39.2. The summed E-state index contributed by atoms with van der Waals surface area (Å²) in [5, 5.41) is 6.30. The average Bonchev–Trinajstić information content (AvgIpc) is 3.04. The number of allylic oxidation sites excluding steroid dienone is 1. The molecular formula is C34H28Cl2N2O6. The molecule has 0 bridgehead atoms. The summed E-state index contributed by atoms with van der Waals surface area (Å²) >= 11 is 12.4. The van der Waals surface area contributed by atoms with Gasteiger partial charge in [0.25, 0.3) is 11.8 Å². The van der Waals surface area contributed by atoms with Crippen molar-refractivity contribution in [2.75, 3.05) is 26.6 Å². The van der Waals surface area contributed by atoms with Crippen LogP contribution in [0.1, 0.15) is 31.8 Å². The molecular weight excluding hydrogens is 603 g/mol. The molecule has 0 saturated carbocycles. The van der Waals surface area contributed by atoms with Gasteiger partial charge in [-0.05, 0) is 84.5 Å². The molecule has 0 saturated heterocycles. The van der Waals surface area contributed by atoms with E-state index < -0.39 is 11.8 Å². The van der Waals surface area contributed by atoms with Gasteiger partial charge in [-0.2, -0.15) is 0 Å². The topological polar surface area (TPSA) is 103 Å². The fourth-order valence-electron chi connectivity index (χ4n) is 4.14. The van der Waals surface area contributed by atoms with Crippen LogP contribution >= 0.6 is 23.2 Å². The second kappa shape index (κ2) is 14.9. The average molecular weight is 632 g/mol. The van der Waals surface area contributed by atoms with Crippen molar-refractivity contribution in [3.63, 3.8) is 0 Å². The molecule has 224 valence electrons. The van der Waals surface area contributed by atoms with E-state index in [9.17, 15) is 14.4 Å². The van der Waals surface area contributed by atoms with Gasteiger partial charge in [-0.1, -0.05) is 47.5 Å². The fourth-order valence-corrected chi connectivity index (χ4v) is 4.66. The summed E-state index contributed by atoms with van der Waals surface area (Å²) in [5.74, 6) is -0.235. The largest absolute Gasteiger partial charge is 0.493 e. The van der Waals surface area contributed by atoms with Gasteiger partial charge in [0, 0.05) is 32.4 Å². The van der Waals surface area contributed by atoms with Gasteiger partial charge in [-0.15, -0.1) is 0 Å². The summed E-state index contributed by atoms with van der Waals surface area (Å²) in [5.41, 5.74) is 2.14. The summed E-state index contributed by atoms with van der Waals surface area (Å²) in [7, 11) is 4.44. The van der Waals surface area contributed by atoms with Crippen molar-refractivity contribution < 1.29 is 28.6 Å². The summed E-state index contributed by atoms with van der Waals surface area (Å²) in [6.07, 6.45) is 4.42. The first-order valence-electron chi connectivity index (χ1n) is 13.2. The number of halogens is 2. The molecule has 0 aliphatic heterocycles. The number of nitrogens with one attached hydrogen (secondary N) is 2. The first-order valence-corrected chi connectivity index (χ1v) is 14.0. The van der Waals surface area contributed by atoms with Crippen molar-refractivity contribution in [3.8, 4) is 17.2 Å². The number of amides is 2. The molecule has 0 aliphatic carbocycles. The van der Waals surface area contributed by atoms with Crippen LogP contribution in [0.5, 0.6) is 17.2 Å². The maximum atomic E-state index is 13.5. The number of ketones is 1. The van der Waals surface area contributed by atoms with Crippen LogP contribution in [0, 0.1) is 0 Å². The van der Waals surface area contributed by atoms with E-state index in [0.717, 1.165) is 0 Å². The van der Waals surface area contributed by atoms with Crippen LogP contribution in [0.3, 0.4) is 0 Å². The summed E-state index contributed by atoms with van der Waals surface area (Å²) in [6, 6.07) is 23.2. The molecule has 2 N–H and O–H groups in total. The monoisotopic (exact) mass is 630 g/mol. The van der Waals surface area contributed by atoms with Gasteiger partial charge in [0.05, 0.1) is 21.3 Å². The van der Waals surface area contributed by atoms with Crippen molar-refractivity contribution in [2.24, 2.45) is 0 Å². The zero-order chi connectivity index (χ0) is 31.6. The molecule has 0 unspecified atom stereocenters. The fraction of sp³-hybridized carbons (Fsp3) is 0.0882. The van der Waals surface area contributed by atoms with E-state index in [1.807, 2.05) is 0 Å². The molecule has 0 spiro atoms. The van der Waals surface area contributed by atoms with E-state index in [1.165, 1.54) is 33.5 Å². The number of carbonyl (C=O) groups is 3. The SMILES string of the molecule is COc1cc(/C=C(\NC(=O)c2ccccc2)C(=O)Nc2ccc(C(=O)/C=C/c3c(Cl)cccc3Cl)cc2)cc(OC)c1OC. The van der Waals surface area contributed by atoms with Gasteiger partial charge in [0.2, 0.25) is 5.75 Å². The molecule has 0 radical (unpaired) electrons. The zero-order valence-electron chi connectivity index (χ0n) is 24.0. The lowest BCUT2D eigenvalue weighted by Gasteiger charge is -2.14. The van der Waals surface area contributed by atoms with E-state index >= 15 is 0 Å². The van der Waals surface area contributed by atoms with Gasteiger partial charge in [-0.3, -0.25) is 14.4 Å². The first-order chi connectivity index (χ1) is 21.2. The number of rotatable bonds is 11. The lowest BCUT2D eigenvalue weighted by atomic mass is 10.1. The highest BCUT2D eigenvalue weighted by atomic mass is 35.5. The van der Waals surface area contributed by atoms with E-state index in [-0.39, 0.29) is 11.5 Å². The molecule has 10 heteroatoms. The molecule has 4 aromatic rings. The van der Waals surface area contributed by atoms with Crippen LogP contribution < -0.4 is 24.8 Å². The molecule has 2 amide bonds. The lowest BCUT2D eigenvalue weighted by Crippen LogP contribution is -2.30. The normalized spacial score (nSPS) is 11.2. The van der Waals surface area contributed by atoms with E-state index in [1.54, 1.807) is 91.0 Å². The van der Waals surface area contributed by atoms with Gasteiger partial charge >= 0.3 is 0 Å². The quantitative estimate of drug-likeness (QED) is 0.133. The second-order valence-corrected chi connectivity index (χ2v) is 10.0. The van der Waals surface area contributed by atoms with Crippen LogP contribution in [0.4, 0.5) is 5.69 Å². The van der Waals surface area contributed by atoms with E-state index in [0.29, 0.717) is 55.2 Å². The van der Waals surface area contributed by atoms with Crippen molar-refractivity contribution in [3.05, 3.63) is 129 Å². The van der Waals surface area contributed by atoms with Gasteiger partial charge in [-0.25, -0.2) is 0 Å². The molecule has 8 nitrogen and oxygen atoms in total.